The number of carbonyl (C=O) groups excluding carboxylic acids is 1. The number of benzene rings is 2. The van der Waals surface area contributed by atoms with Crippen LogP contribution >= 0.6 is 0 Å². The highest BCUT2D eigenvalue weighted by atomic mass is 19.1. The number of methoxy groups -OCH3 is 1. The van der Waals surface area contributed by atoms with Crippen LogP contribution in [0.4, 0.5) is 4.39 Å². The molecule has 5 nitrogen and oxygen atoms in total. The van der Waals surface area contributed by atoms with E-state index in [0.29, 0.717) is 36.5 Å². The molecule has 0 radical (unpaired) electrons. The Hall–Kier alpha value is -2.99. The highest BCUT2D eigenvalue weighted by molar-refractivity contribution is 5.94. The maximum Gasteiger partial charge on any atom is 0.270 e. The van der Waals surface area contributed by atoms with E-state index in [1.807, 2.05) is 32.0 Å². The standard InChI is InChI=1S/C22H24FN3O2/c1-15-9-10-16(2)20(13-15)26-21(22(27)24-11-6-12-28-3)14-19(25-26)17-7-4-5-8-18(17)23/h4-5,7-10,13-14H,6,11-12H2,1-3H3,(H,24,27). The van der Waals surface area contributed by atoms with Crippen LogP contribution in [0, 0.1) is 19.7 Å². The number of halogens is 1. The second-order valence-electron chi connectivity index (χ2n) is 6.70. The zero-order valence-electron chi connectivity index (χ0n) is 16.3. The van der Waals surface area contributed by atoms with E-state index in [4.69, 9.17) is 4.74 Å². The summed E-state index contributed by atoms with van der Waals surface area (Å²) in [6, 6.07) is 14.0. The van der Waals surface area contributed by atoms with Gasteiger partial charge in [0.05, 0.1) is 11.4 Å². The molecule has 0 fully saturated rings. The van der Waals surface area contributed by atoms with Crippen LogP contribution in [0.5, 0.6) is 0 Å². The van der Waals surface area contributed by atoms with Crippen molar-refractivity contribution < 1.29 is 13.9 Å². The van der Waals surface area contributed by atoms with E-state index in [2.05, 4.69) is 10.4 Å². The quantitative estimate of drug-likeness (QED) is 0.628. The predicted molar refractivity (Wildman–Crippen MR) is 107 cm³/mol. The minimum Gasteiger partial charge on any atom is -0.385 e. The third kappa shape index (κ3) is 4.28. The number of aryl methyl sites for hydroxylation is 2. The first-order chi connectivity index (χ1) is 13.5. The van der Waals surface area contributed by atoms with Crippen molar-refractivity contribution in [2.24, 2.45) is 0 Å². The first-order valence-corrected chi connectivity index (χ1v) is 9.21. The van der Waals surface area contributed by atoms with E-state index in [1.165, 1.54) is 6.07 Å². The number of carbonyl (C=O) groups is 1. The third-order valence-electron chi connectivity index (χ3n) is 4.50. The van der Waals surface area contributed by atoms with Gasteiger partial charge < -0.3 is 10.1 Å². The molecule has 0 atom stereocenters. The van der Waals surface area contributed by atoms with Gasteiger partial charge in [0, 0.05) is 25.8 Å². The van der Waals surface area contributed by atoms with Crippen LogP contribution in [0.2, 0.25) is 0 Å². The Morgan fingerprint density at radius 1 is 1.18 bits per heavy atom. The molecule has 1 aromatic heterocycles. The van der Waals surface area contributed by atoms with Gasteiger partial charge in [0.25, 0.3) is 5.91 Å². The lowest BCUT2D eigenvalue weighted by atomic mass is 10.1. The number of nitrogens with one attached hydrogen (secondary N) is 1. The minimum atomic E-state index is -0.375. The van der Waals surface area contributed by atoms with Gasteiger partial charge in [-0.25, -0.2) is 9.07 Å². The number of amides is 1. The largest absolute Gasteiger partial charge is 0.385 e. The molecule has 28 heavy (non-hydrogen) atoms. The molecular formula is C22H24FN3O2. The molecule has 0 saturated carbocycles. The summed E-state index contributed by atoms with van der Waals surface area (Å²) in [6.07, 6.45) is 0.708. The molecule has 0 aliphatic rings. The van der Waals surface area contributed by atoms with Gasteiger partial charge in [-0.2, -0.15) is 5.10 Å². The van der Waals surface area contributed by atoms with Crippen molar-refractivity contribution in [1.82, 2.24) is 15.1 Å². The summed E-state index contributed by atoms with van der Waals surface area (Å²) in [5, 5.41) is 7.45. The lowest BCUT2D eigenvalue weighted by Gasteiger charge is -2.11. The number of hydrogen-bond donors (Lipinski definition) is 1. The summed E-state index contributed by atoms with van der Waals surface area (Å²) >= 11 is 0. The zero-order valence-corrected chi connectivity index (χ0v) is 16.3. The summed E-state index contributed by atoms with van der Waals surface area (Å²) in [7, 11) is 1.62. The Bertz CT molecular complexity index is 982. The Morgan fingerprint density at radius 3 is 2.71 bits per heavy atom. The molecule has 0 aliphatic carbocycles. The zero-order chi connectivity index (χ0) is 20.1. The Balaban J connectivity index is 2.04. The van der Waals surface area contributed by atoms with E-state index < -0.39 is 0 Å². The maximum absolute atomic E-state index is 14.3. The molecule has 3 rings (SSSR count). The fourth-order valence-electron chi connectivity index (χ4n) is 2.98. The summed E-state index contributed by atoms with van der Waals surface area (Å²) in [5.41, 5.74) is 3.97. The van der Waals surface area contributed by atoms with Gasteiger partial charge in [-0.15, -0.1) is 0 Å². The van der Waals surface area contributed by atoms with Crippen LogP contribution in [0.25, 0.3) is 16.9 Å². The van der Waals surface area contributed by atoms with Crippen molar-refractivity contribution in [2.45, 2.75) is 20.3 Å². The molecule has 1 heterocycles. The number of hydrogen-bond acceptors (Lipinski definition) is 3. The average Bonchev–Trinajstić information content (AvgIpc) is 3.12. The van der Waals surface area contributed by atoms with Crippen LogP contribution < -0.4 is 5.32 Å². The van der Waals surface area contributed by atoms with E-state index in [-0.39, 0.29) is 11.7 Å². The summed E-state index contributed by atoms with van der Waals surface area (Å²) in [4.78, 5) is 12.8. The van der Waals surface area contributed by atoms with E-state index in [9.17, 15) is 9.18 Å². The number of rotatable bonds is 7. The monoisotopic (exact) mass is 381 g/mol. The van der Waals surface area contributed by atoms with Crippen molar-refractivity contribution in [3.05, 3.63) is 71.2 Å². The summed E-state index contributed by atoms with van der Waals surface area (Å²) < 4.78 is 20.9. The first kappa shape index (κ1) is 19.8. The molecule has 0 spiro atoms. The molecule has 146 valence electrons. The SMILES string of the molecule is COCCCNC(=O)c1cc(-c2ccccc2F)nn1-c1cc(C)ccc1C. The molecule has 0 bridgehead atoms. The topological polar surface area (TPSA) is 56.1 Å². The molecule has 0 unspecified atom stereocenters. The van der Waals surface area contributed by atoms with Crippen molar-refractivity contribution in [3.8, 4) is 16.9 Å². The van der Waals surface area contributed by atoms with Crippen LogP contribution in [0.3, 0.4) is 0 Å². The molecule has 3 aromatic rings. The fourth-order valence-corrected chi connectivity index (χ4v) is 2.98. The number of aromatic nitrogens is 2. The van der Waals surface area contributed by atoms with E-state index in [1.54, 1.807) is 36.1 Å². The number of ether oxygens (including phenoxy) is 1. The van der Waals surface area contributed by atoms with Gasteiger partial charge in [-0.3, -0.25) is 4.79 Å². The van der Waals surface area contributed by atoms with Gasteiger partial charge in [0.1, 0.15) is 11.5 Å². The van der Waals surface area contributed by atoms with E-state index in [0.717, 1.165) is 16.8 Å². The molecule has 0 saturated heterocycles. The van der Waals surface area contributed by atoms with Crippen LogP contribution in [-0.2, 0) is 4.74 Å². The Kier molecular flexibility index (Phi) is 6.21. The highest BCUT2D eigenvalue weighted by Gasteiger charge is 2.20. The Morgan fingerprint density at radius 2 is 1.96 bits per heavy atom. The maximum atomic E-state index is 14.3. The second kappa shape index (κ2) is 8.80. The van der Waals surface area contributed by atoms with Crippen molar-refractivity contribution in [2.75, 3.05) is 20.3 Å². The molecule has 2 aromatic carbocycles. The predicted octanol–water partition coefficient (Wildman–Crippen LogP) is 4.06. The first-order valence-electron chi connectivity index (χ1n) is 9.21. The normalized spacial score (nSPS) is 10.9. The minimum absolute atomic E-state index is 0.257. The molecule has 0 aliphatic heterocycles. The Labute approximate surface area is 164 Å². The van der Waals surface area contributed by atoms with Crippen molar-refractivity contribution in [3.63, 3.8) is 0 Å². The number of nitrogens with zero attached hydrogens (tertiary/aromatic N) is 2. The second-order valence-corrected chi connectivity index (χ2v) is 6.70. The van der Waals surface area contributed by atoms with E-state index >= 15 is 0 Å². The third-order valence-corrected chi connectivity index (χ3v) is 4.50. The van der Waals surface area contributed by atoms with Crippen LogP contribution in [0.15, 0.2) is 48.5 Å². The average molecular weight is 381 g/mol. The van der Waals surface area contributed by atoms with Crippen LogP contribution in [0.1, 0.15) is 28.0 Å². The van der Waals surface area contributed by atoms with Gasteiger partial charge in [-0.05, 0) is 55.7 Å². The fraction of sp³-hybridized carbons (Fsp3) is 0.273. The molecule has 1 N–H and O–H groups in total. The molecular weight excluding hydrogens is 357 g/mol. The summed E-state index contributed by atoms with van der Waals surface area (Å²) in [5.74, 6) is -0.632. The van der Waals surface area contributed by atoms with Crippen LogP contribution in [-0.4, -0.2) is 35.9 Å². The van der Waals surface area contributed by atoms with Gasteiger partial charge in [-0.1, -0.05) is 24.3 Å². The van der Waals surface area contributed by atoms with Gasteiger partial charge in [0.2, 0.25) is 0 Å². The molecule has 6 heteroatoms. The van der Waals surface area contributed by atoms with Gasteiger partial charge >= 0.3 is 0 Å². The van der Waals surface area contributed by atoms with Gasteiger partial charge in [0.15, 0.2) is 0 Å². The summed E-state index contributed by atoms with van der Waals surface area (Å²) in [6.45, 7) is 4.99. The van der Waals surface area contributed by atoms with Crippen molar-refractivity contribution in [1.29, 1.82) is 0 Å². The smallest absolute Gasteiger partial charge is 0.270 e. The van der Waals surface area contributed by atoms with Crippen molar-refractivity contribution >= 4 is 5.91 Å². The lowest BCUT2D eigenvalue weighted by Crippen LogP contribution is -2.27. The molecule has 1 amide bonds. The highest BCUT2D eigenvalue weighted by Crippen LogP contribution is 2.25. The lowest BCUT2D eigenvalue weighted by molar-refractivity contribution is 0.0941.